The van der Waals surface area contributed by atoms with E-state index in [2.05, 4.69) is 31.8 Å². The van der Waals surface area contributed by atoms with Crippen molar-refractivity contribution >= 4 is 28.5 Å². The molecule has 1 aliphatic carbocycles. The predicted molar refractivity (Wildman–Crippen MR) is 127 cm³/mol. The van der Waals surface area contributed by atoms with Crippen LogP contribution in [0.5, 0.6) is 11.5 Å². The van der Waals surface area contributed by atoms with Crippen molar-refractivity contribution < 1.29 is 9.47 Å². The third-order valence-electron chi connectivity index (χ3n) is 6.38. The number of anilines is 3. The van der Waals surface area contributed by atoms with E-state index < -0.39 is 0 Å². The summed E-state index contributed by atoms with van der Waals surface area (Å²) in [6.07, 6.45) is 8.00. The molecule has 1 aromatic carbocycles. The van der Waals surface area contributed by atoms with Gasteiger partial charge in [-0.05, 0) is 31.0 Å². The number of benzene rings is 1. The van der Waals surface area contributed by atoms with Crippen LogP contribution in [0.1, 0.15) is 31.2 Å². The van der Waals surface area contributed by atoms with Crippen molar-refractivity contribution in [1.29, 1.82) is 5.26 Å². The van der Waals surface area contributed by atoms with Gasteiger partial charge < -0.3 is 25.1 Å². The minimum Gasteiger partial charge on any atom is -0.485 e. The molecule has 0 saturated heterocycles. The van der Waals surface area contributed by atoms with Gasteiger partial charge in [0.15, 0.2) is 11.5 Å². The van der Waals surface area contributed by atoms with Crippen LogP contribution >= 0.6 is 0 Å². The van der Waals surface area contributed by atoms with E-state index in [1.54, 1.807) is 17.1 Å². The number of aromatic amines is 1. The lowest BCUT2D eigenvalue weighted by atomic mass is 10.1. The molecule has 1 fully saturated rings. The van der Waals surface area contributed by atoms with Crippen molar-refractivity contribution in [2.24, 2.45) is 7.05 Å². The van der Waals surface area contributed by atoms with Crippen LogP contribution in [0.15, 0.2) is 30.6 Å². The number of aryl methyl sites for hydroxylation is 1. The van der Waals surface area contributed by atoms with E-state index in [0.29, 0.717) is 64.8 Å². The first-order valence-electron chi connectivity index (χ1n) is 11.4. The van der Waals surface area contributed by atoms with Crippen LogP contribution in [-0.2, 0) is 7.05 Å². The summed E-state index contributed by atoms with van der Waals surface area (Å²) in [4.78, 5) is 12.5. The lowest BCUT2D eigenvalue weighted by Gasteiger charge is -2.24. The normalized spacial score (nSPS) is 15.4. The number of fused-ring (bicyclic) bond motifs is 2. The maximum Gasteiger partial charge on any atom is 0.231 e. The molecule has 172 valence electrons. The summed E-state index contributed by atoms with van der Waals surface area (Å²) in [5.74, 6) is 2.35. The van der Waals surface area contributed by atoms with E-state index in [1.807, 2.05) is 25.2 Å². The first-order chi connectivity index (χ1) is 16.7. The number of ether oxygens (including phenoxy) is 2. The van der Waals surface area contributed by atoms with Gasteiger partial charge in [0, 0.05) is 31.0 Å². The van der Waals surface area contributed by atoms with Crippen molar-refractivity contribution in [3.05, 3.63) is 36.2 Å². The zero-order valence-electron chi connectivity index (χ0n) is 18.8. The molecule has 0 spiro atoms. The summed E-state index contributed by atoms with van der Waals surface area (Å²) >= 11 is 0. The molecule has 0 radical (unpaired) electrons. The zero-order chi connectivity index (χ0) is 23.1. The Morgan fingerprint density at radius 3 is 2.71 bits per heavy atom. The van der Waals surface area contributed by atoms with Gasteiger partial charge in [-0.3, -0.25) is 4.68 Å². The molecule has 1 saturated carbocycles. The fourth-order valence-electron chi connectivity index (χ4n) is 4.74. The van der Waals surface area contributed by atoms with Gasteiger partial charge in [0.1, 0.15) is 30.7 Å². The van der Waals surface area contributed by atoms with E-state index in [0.717, 1.165) is 24.1 Å². The lowest BCUT2D eigenvalue weighted by molar-refractivity contribution is 0.173. The molecular formula is C24H24N8O2. The van der Waals surface area contributed by atoms with Gasteiger partial charge in [0.2, 0.25) is 5.95 Å². The summed E-state index contributed by atoms with van der Waals surface area (Å²) in [5, 5.41) is 21.4. The number of nitrogens with zero attached hydrogens (tertiary/aromatic N) is 5. The Labute approximate surface area is 195 Å². The average Bonchev–Trinajstić information content (AvgIpc) is 3.61. The van der Waals surface area contributed by atoms with Crippen molar-refractivity contribution in [2.75, 3.05) is 23.8 Å². The Morgan fingerprint density at radius 1 is 1.12 bits per heavy atom. The molecular weight excluding hydrogens is 432 g/mol. The highest BCUT2D eigenvalue weighted by atomic mass is 16.6. The molecule has 34 heavy (non-hydrogen) atoms. The molecule has 6 rings (SSSR count). The highest BCUT2D eigenvalue weighted by Crippen LogP contribution is 2.45. The quantitative estimate of drug-likeness (QED) is 0.410. The molecule has 0 atom stereocenters. The predicted octanol–water partition coefficient (Wildman–Crippen LogP) is 4.10. The second kappa shape index (κ2) is 8.26. The number of rotatable bonds is 5. The maximum absolute atomic E-state index is 9.57. The first kappa shape index (κ1) is 20.4. The van der Waals surface area contributed by atoms with Crippen LogP contribution in [0.2, 0.25) is 0 Å². The van der Waals surface area contributed by atoms with Gasteiger partial charge in [-0.2, -0.15) is 20.3 Å². The first-order valence-corrected chi connectivity index (χ1v) is 11.4. The fourth-order valence-corrected chi connectivity index (χ4v) is 4.74. The van der Waals surface area contributed by atoms with Gasteiger partial charge in [-0.25, -0.2) is 0 Å². The van der Waals surface area contributed by atoms with Crippen molar-refractivity contribution in [2.45, 2.75) is 31.7 Å². The standard InChI is InChI=1S/C24H24N8O2/c1-32-18(8-9-27-32)16-6-7-17(21-20(16)33-10-11-34-21)29-24-30-22-19(14(12-25)13-26-22)23(31-24)28-15-4-2-3-5-15/h6-9,13,15H,2-5,10-11H2,1H3,(H3,26,28,29,30,31). The number of H-pyrrole nitrogens is 1. The van der Waals surface area contributed by atoms with Crippen molar-refractivity contribution in [3.8, 4) is 28.8 Å². The average molecular weight is 457 g/mol. The molecule has 0 bridgehead atoms. The third kappa shape index (κ3) is 3.46. The van der Waals surface area contributed by atoms with Gasteiger partial charge in [-0.15, -0.1) is 0 Å². The molecule has 10 nitrogen and oxygen atoms in total. The molecule has 4 heterocycles. The topological polar surface area (TPSA) is 126 Å². The minimum atomic E-state index is 0.343. The molecule has 2 aliphatic rings. The summed E-state index contributed by atoms with van der Waals surface area (Å²) < 4.78 is 13.8. The Balaban J connectivity index is 1.40. The molecule has 0 unspecified atom stereocenters. The second-order valence-electron chi connectivity index (χ2n) is 8.54. The van der Waals surface area contributed by atoms with Crippen molar-refractivity contribution in [3.63, 3.8) is 0 Å². The Morgan fingerprint density at radius 2 is 1.94 bits per heavy atom. The Kier molecular flexibility index (Phi) is 4.95. The van der Waals surface area contributed by atoms with E-state index in [4.69, 9.17) is 14.5 Å². The molecule has 10 heteroatoms. The highest BCUT2D eigenvalue weighted by Gasteiger charge is 2.24. The SMILES string of the molecule is Cn1nccc1-c1ccc(Nc2nc(NC3CCCC3)c3c(C#N)c[nH]c3n2)c2c1OCCO2. The second-order valence-corrected chi connectivity index (χ2v) is 8.54. The van der Waals surface area contributed by atoms with Crippen molar-refractivity contribution in [1.82, 2.24) is 24.7 Å². The van der Waals surface area contributed by atoms with Crippen LogP contribution in [0, 0.1) is 11.3 Å². The third-order valence-corrected chi connectivity index (χ3v) is 6.38. The smallest absolute Gasteiger partial charge is 0.231 e. The van der Waals surface area contributed by atoms with Crippen LogP contribution in [0.25, 0.3) is 22.3 Å². The number of nitrogens with one attached hydrogen (secondary N) is 3. The molecule has 3 aromatic heterocycles. The number of nitriles is 1. The van der Waals surface area contributed by atoms with E-state index >= 15 is 0 Å². The largest absolute Gasteiger partial charge is 0.485 e. The maximum atomic E-state index is 9.57. The summed E-state index contributed by atoms with van der Waals surface area (Å²) in [6.45, 7) is 0.922. The van der Waals surface area contributed by atoms with Crippen LogP contribution in [0.3, 0.4) is 0 Å². The van der Waals surface area contributed by atoms with Crippen LogP contribution in [0.4, 0.5) is 17.5 Å². The summed E-state index contributed by atoms with van der Waals surface area (Å²) in [5.41, 5.74) is 3.68. The molecule has 0 amide bonds. The fraction of sp³-hybridized carbons (Fsp3) is 0.333. The van der Waals surface area contributed by atoms with Gasteiger partial charge in [0.25, 0.3) is 0 Å². The number of aromatic nitrogens is 5. The summed E-state index contributed by atoms with van der Waals surface area (Å²) in [6, 6.07) is 8.43. The molecule has 3 N–H and O–H groups in total. The number of hydrogen-bond donors (Lipinski definition) is 3. The van der Waals surface area contributed by atoms with Gasteiger partial charge in [-0.1, -0.05) is 12.8 Å². The van der Waals surface area contributed by atoms with E-state index in [9.17, 15) is 5.26 Å². The van der Waals surface area contributed by atoms with E-state index in [1.165, 1.54) is 12.8 Å². The molecule has 1 aliphatic heterocycles. The Bertz CT molecular complexity index is 1410. The van der Waals surface area contributed by atoms with E-state index in [-0.39, 0.29) is 0 Å². The van der Waals surface area contributed by atoms with Crippen LogP contribution < -0.4 is 20.1 Å². The van der Waals surface area contributed by atoms with Gasteiger partial charge >= 0.3 is 0 Å². The highest BCUT2D eigenvalue weighted by molar-refractivity contribution is 5.94. The monoisotopic (exact) mass is 456 g/mol. The Hall–Kier alpha value is -4.26. The lowest BCUT2D eigenvalue weighted by Crippen LogP contribution is -2.18. The van der Waals surface area contributed by atoms with Crippen LogP contribution in [-0.4, -0.2) is 44.0 Å². The van der Waals surface area contributed by atoms with Gasteiger partial charge in [0.05, 0.1) is 22.3 Å². The minimum absolute atomic E-state index is 0.343. The number of hydrogen-bond acceptors (Lipinski definition) is 8. The molecule has 4 aromatic rings. The summed E-state index contributed by atoms with van der Waals surface area (Å²) in [7, 11) is 1.89. The zero-order valence-corrected chi connectivity index (χ0v) is 18.8.